The van der Waals surface area contributed by atoms with E-state index in [0.717, 1.165) is 39.5 Å². The molecule has 1 aliphatic carbocycles. The van der Waals surface area contributed by atoms with Crippen LogP contribution >= 0.6 is 0 Å². The maximum absolute atomic E-state index is 6.76. The first kappa shape index (κ1) is 13.8. The first-order chi connectivity index (χ1) is 9.33. The molecule has 2 heterocycles. The highest BCUT2D eigenvalue weighted by Gasteiger charge is 2.47. The van der Waals surface area contributed by atoms with E-state index in [1.165, 1.54) is 38.5 Å². The highest BCUT2D eigenvalue weighted by molar-refractivity contribution is 5.05. The van der Waals surface area contributed by atoms with Crippen molar-refractivity contribution in [1.29, 1.82) is 0 Å². The number of nitrogens with two attached hydrogens (primary N) is 1. The molecule has 2 atom stereocenters. The van der Waals surface area contributed by atoms with Crippen molar-refractivity contribution in [1.82, 2.24) is 4.90 Å². The molecule has 2 unspecified atom stereocenters. The standard InChI is InChI=1S/C15H28N2O2/c16-14(13-4-3-9-19-12-13)15(5-1-2-6-15)17-7-10-18-11-8-17/h13-14H,1-12,16H2. The Morgan fingerprint density at radius 1 is 1.00 bits per heavy atom. The van der Waals surface area contributed by atoms with Crippen LogP contribution < -0.4 is 5.73 Å². The summed E-state index contributed by atoms with van der Waals surface area (Å²) < 4.78 is 11.2. The lowest BCUT2D eigenvalue weighted by Gasteiger charge is -2.49. The van der Waals surface area contributed by atoms with Crippen LogP contribution in [-0.2, 0) is 9.47 Å². The van der Waals surface area contributed by atoms with Crippen LogP contribution in [0.25, 0.3) is 0 Å². The van der Waals surface area contributed by atoms with E-state index in [9.17, 15) is 0 Å². The summed E-state index contributed by atoms with van der Waals surface area (Å²) in [7, 11) is 0. The van der Waals surface area contributed by atoms with Gasteiger partial charge in [-0.1, -0.05) is 12.8 Å². The number of morpholine rings is 1. The van der Waals surface area contributed by atoms with Crippen molar-refractivity contribution in [2.24, 2.45) is 11.7 Å². The molecule has 4 heteroatoms. The zero-order valence-corrected chi connectivity index (χ0v) is 12.0. The Bertz CT molecular complexity index is 280. The molecule has 3 aliphatic rings. The summed E-state index contributed by atoms with van der Waals surface area (Å²) in [4.78, 5) is 2.64. The molecule has 4 nitrogen and oxygen atoms in total. The third kappa shape index (κ3) is 2.68. The molecule has 0 spiro atoms. The molecule has 110 valence electrons. The summed E-state index contributed by atoms with van der Waals surface area (Å²) >= 11 is 0. The van der Waals surface area contributed by atoms with Crippen LogP contribution in [0.15, 0.2) is 0 Å². The normalized spacial score (nSPS) is 34.3. The van der Waals surface area contributed by atoms with E-state index in [4.69, 9.17) is 15.2 Å². The Morgan fingerprint density at radius 2 is 1.74 bits per heavy atom. The van der Waals surface area contributed by atoms with Crippen LogP contribution in [0.4, 0.5) is 0 Å². The minimum Gasteiger partial charge on any atom is -0.381 e. The molecular formula is C15H28N2O2. The van der Waals surface area contributed by atoms with E-state index in [-0.39, 0.29) is 11.6 Å². The fraction of sp³-hybridized carbons (Fsp3) is 1.00. The number of rotatable bonds is 3. The predicted molar refractivity (Wildman–Crippen MR) is 75.1 cm³/mol. The number of hydrogen-bond acceptors (Lipinski definition) is 4. The van der Waals surface area contributed by atoms with E-state index < -0.39 is 0 Å². The monoisotopic (exact) mass is 268 g/mol. The van der Waals surface area contributed by atoms with E-state index >= 15 is 0 Å². The second kappa shape index (κ2) is 6.08. The average Bonchev–Trinajstić information content (AvgIpc) is 2.99. The summed E-state index contributed by atoms with van der Waals surface area (Å²) in [6, 6.07) is 0.272. The van der Waals surface area contributed by atoms with Crippen molar-refractivity contribution in [3.63, 3.8) is 0 Å². The maximum Gasteiger partial charge on any atom is 0.0594 e. The van der Waals surface area contributed by atoms with E-state index in [1.54, 1.807) is 0 Å². The van der Waals surface area contributed by atoms with E-state index in [2.05, 4.69) is 4.90 Å². The fourth-order valence-corrected chi connectivity index (χ4v) is 4.34. The molecule has 3 rings (SSSR count). The summed E-state index contributed by atoms with van der Waals surface area (Å²) in [5.41, 5.74) is 6.99. The van der Waals surface area contributed by atoms with Gasteiger partial charge in [0.05, 0.1) is 19.8 Å². The van der Waals surface area contributed by atoms with Gasteiger partial charge in [-0.15, -0.1) is 0 Å². The molecule has 2 N–H and O–H groups in total. The topological polar surface area (TPSA) is 47.7 Å². The van der Waals surface area contributed by atoms with Gasteiger partial charge in [0.25, 0.3) is 0 Å². The first-order valence-corrected chi connectivity index (χ1v) is 7.99. The van der Waals surface area contributed by atoms with Crippen molar-refractivity contribution < 1.29 is 9.47 Å². The quantitative estimate of drug-likeness (QED) is 0.840. The second-order valence-corrected chi connectivity index (χ2v) is 6.41. The number of ether oxygens (including phenoxy) is 2. The van der Waals surface area contributed by atoms with Crippen LogP contribution in [0.2, 0.25) is 0 Å². The van der Waals surface area contributed by atoms with Crippen LogP contribution in [0.3, 0.4) is 0 Å². The van der Waals surface area contributed by atoms with Crippen LogP contribution in [0, 0.1) is 5.92 Å². The second-order valence-electron chi connectivity index (χ2n) is 6.41. The van der Waals surface area contributed by atoms with Crippen molar-refractivity contribution in [3.05, 3.63) is 0 Å². The van der Waals surface area contributed by atoms with Crippen molar-refractivity contribution in [2.45, 2.75) is 50.1 Å². The first-order valence-electron chi connectivity index (χ1n) is 7.99. The van der Waals surface area contributed by atoms with Crippen molar-refractivity contribution in [2.75, 3.05) is 39.5 Å². The van der Waals surface area contributed by atoms with Crippen molar-refractivity contribution >= 4 is 0 Å². The molecule has 1 saturated carbocycles. The van der Waals surface area contributed by atoms with Gasteiger partial charge in [0, 0.05) is 31.3 Å². The molecule has 2 saturated heterocycles. The average molecular weight is 268 g/mol. The lowest BCUT2D eigenvalue weighted by atomic mass is 9.77. The molecule has 0 aromatic rings. The van der Waals surface area contributed by atoms with E-state index in [1.807, 2.05) is 0 Å². The van der Waals surface area contributed by atoms with Gasteiger partial charge in [0.15, 0.2) is 0 Å². The van der Waals surface area contributed by atoms with Gasteiger partial charge in [0.2, 0.25) is 0 Å². The molecule has 0 aromatic carbocycles. The van der Waals surface area contributed by atoms with Gasteiger partial charge < -0.3 is 15.2 Å². The third-order valence-corrected chi connectivity index (χ3v) is 5.43. The number of hydrogen-bond donors (Lipinski definition) is 1. The Labute approximate surface area is 116 Å². The fourth-order valence-electron chi connectivity index (χ4n) is 4.34. The lowest BCUT2D eigenvalue weighted by Crippen LogP contribution is -2.64. The van der Waals surface area contributed by atoms with Crippen LogP contribution in [0.1, 0.15) is 38.5 Å². The van der Waals surface area contributed by atoms with Crippen LogP contribution in [0.5, 0.6) is 0 Å². The summed E-state index contributed by atoms with van der Waals surface area (Å²) in [6.07, 6.45) is 7.62. The van der Waals surface area contributed by atoms with Crippen LogP contribution in [-0.4, -0.2) is 56.0 Å². The van der Waals surface area contributed by atoms with Gasteiger partial charge in [-0.2, -0.15) is 0 Å². The summed E-state index contributed by atoms with van der Waals surface area (Å²) in [6.45, 7) is 5.65. The highest BCUT2D eigenvalue weighted by Crippen LogP contribution is 2.41. The molecular weight excluding hydrogens is 240 g/mol. The Kier molecular flexibility index (Phi) is 4.42. The van der Waals surface area contributed by atoms with Gasteiger partial charge in [-0.3, -0.25) is 4.90 Å². The molecule has 0 amide bonds. The lowest BCUT2D eigenvalue weighted by molar-refractivity contribution is -0.0530. The molecule has 3 fully saturated rings. The molecule has 19 heavy (non-hydrogen) atoms. The molecule has 2 aliphatic heterocycles. The maximum atomic E-state index is 6.76. The Morgan fingerprint density at radius 3 is 2.37 bits per heavy atom. The zero-order chi connectivity index (χ0) is 13.1. The zero-order valence-electron chi connectivity index (χ0n) is 12.0. The summed E-state index contributed by atoms with van der Waals surface area (Å²) in [5, 5.41) is 0. The minimum atomic E-state index is 0.231. The minimum absolute atomic E-state index is 0.231. The SMILES string of the molecule is NC(C1CCCOC1)C1(N2CCOCC2)CCCC1. The molecule has 0 radical (unpaired) electrons. The highest BCUT2D eigenvalue weighted by atomic mass is 16.5. The molecule has 0 aromatic heterocycles. The van der Waals surface area contributed by atoms with Gasteiger partial charge >= 0.3 is 0 Å². The Balaban J connectivity index is 1.74. The summed E-state index contributed by atoms with van der Waals surface area (Å²) in [5.74, 6) is 0.551. The largest absolute Gasteiger partial charge is 0.381 e. The van der Waals surface area contributed by atoms with Gasteiger partial charge in [-0.05, 0) is 31.6 Å². The van der Waals surface area contributed by atoms with E-state index in [0.29, 0.717) is 5.92 Å². The smallest absolute Gasteiger partial charge is 0.0594 e. The Hall–Kier alpha value is -0.160. The third-order valence-electron chi connectivity index (χ3n) is 5.43. The van der Waals surface area contributed by atoms with Crippen molar-refractivity contribution in [3.8, 4) is 0 Å². The predicted octanol–water partition coefficient (Wildman–Crippen LogP) is 1.39. The molecule has 0 bridgehead atoms. The number of nitrogens with zero attached hydrogens (tertiary/aromatic N) is 1. The van der Waals surface area contributed by atoms with Gasteiger partial charge in [0.1, 0.15) is 0 Å². The van der Waals surface area contributed by atoms with Gasteiger partial charge in [-0.25, -0.2) is 0 Å².